The summed E-state index contributed by atoms with van der Waals surface area (Å²) in [6, 6.07) is 0. The zero-order chi connectivity index (χ0) is 12.0. The first-order chi connectivity index (χ1) is 6.95. The Balaban J connectivity index is 4.97. The molecule has 1 N–H and O–H groups in total. The van der Waals surface area contributed by atoms with Gasteiger partial charge in [0.05, 0.1) is 6.61 Å². The van der Waals surface area contributed by atoms with Crippen molar-refractivity contribution in [2.45, 2.75) is 19.5 Å². The van der Waals surface area contributed by atoms with Crippen LogP contribution < -0.4 is 0 Å². The third-order valence-electron chi connectivity index (χ3n) is 1.29. The number of esters is 1. The monoisotopic (exact) mass is 227 g/mol. The first kappa shape index (κ1) is 13.4. The molecule has 0 saturated heterocycles. The van der Waals surface area contributed by atoms with Crippen LogP contribution >= 0.6 is 0 Å². The summed E-state index contributed by atoms with van der Waals surface area (Å²) in [7, 11) is 0. The van der Waals surface area contributed by atoms with Gasteiger partial charge < -0.3 is 9.84 Å². The molecule has 0 aromatic rings. The van der Waals surface area contributed by atoms with Crippen molar-refractivity contribution in [3.63, 3.8) is 0 Å². The summed E-state index contributed by atoms with van der Waals surface area (Å²) in [5.74, 6) is -3.17. The summed E-state index contributed by atoms with van der Waals surface area (Å²) in [6.45, 7) is 1.20. The Bertz CT molecular complexity index is 279. The lowest BCUT2D eigenvalue weighted by Gasteiger charge is -2.07. The number of nitrogens with zero attached hydrogens (tertiary/aromatic N) is 1. The quantitative estimate of drug-likeness (QED) is 0.335. The normalized spacial score (nSPS) is 14.5. The molecule has 0 spiro atoms. The molecule has 0 fully saturated rings. The minimum Gasteiger partial charge on any atom is -0.507 e. The molecule has 5 nitrogen and oxygen atoms in total. The SMILES string of the molecule is CCOC(=O)C(N=O)=C(O)C(F)C(F)F. The lowest BCUT2D eigenvalue weighted by atomic mass is 10.2. The molecule has 0 bridgehead atoms. The smallest absolute Gasteiger partial charge is 0.364 e. The van der Waals surface area contributed by atoms with Gasteiger partial charge in [-0.05, 0) is 12.1 Å². The van der Waals surface area contributed by atoms with Gasteiger partial charge in [0.2, 0.25) is 11.9 Å². The molecule has 0 rings (SSSR count). The second-order valence-electron chi connectivity index (χ2n) is 2.28. The lowest BCUT2D eigenvalue weighted by molar-refractivity contribution is -0.138. The number of rotatable bonds is 5. The van der Waals surface area contributed by atoms with Crippen molar-refractivity contribution in [2.75, 3.05) is 6.61 Å². The number of nitroso groups, excluding NO2 is 1. The summed E-state index contributed by atoms with van der Waals surface area (Å²) in [5.41, 5.74) is -1.38. The number of hydrogen-bond donors (Lipinski definition) is 1. The van der Waals surface area contributed by atoms with Crippen LogP contribution in [-0.2, 0) is 9.53 Å². The van der Waals surface area contributed by atoms with Crippen molar-refractivity contribution in [3.05, 3.63) is 16.4 Å². The molecule has 86 valence electrons. The minimum atomic E-state index is -3.56. The molecule has 0 aromatic carbocycles. The Morgan fingerprint density at radius 3 is 2.33 bits per heavy atom. The van der Waals surface area contributed by atoms with Crippen LogP contribution in [0.1, 0.15) is 6.92 Å². The molecule has 0 aliphatic rings. The standard InChI is InChI=1S/C7H8F3NO4/c1-2-15-7(13)4(11-14)5(12)3(8)6(9)10/h3,6,12H,2H2,1H3. The number of halogens is 3. The Hall–Kier alpha value is -1.60. The van der Waals surface area contributed by atoms with Crippen LogP contribution in [0.15, 0.2) is 16.6 Å². The van der Waals surface area contributed by atoms with E-state index in [0.29, 0.717) is 0 Å². The number of carbonyl (C=O) groups is 1. The van der Waals surface area contributed by atoms with E-state index in [1.54, 1.807) is 0 Å². The average Bonchev–Trinajstić information content (AvgIpc) is 2.17. The molecular weight excluding hydrogens is 219 g/mol. The largest absolute Gasteiger partial charge is 0.507 e. The molecule has 0 heterocycles. The molecule has 1 unspecified atom stereocenters. The predicted molar refractivity (Wildman–Crippen MR) is 43.0 cm³/mol. The maximum atomic E-state index is 12.5. The number of ether oxygens (including phenoxy) is 1. The highest BCUT2D eigenvalue weighted by atomic mass is 19.3. The van der Waals surface area contributed by atoms with Crippen molar-refractivity contribution in [1.82, 2.24) is 0 Å². The number of carbonyl (C=O) groups excluding carboxylic acids is 1. The molecule has 0 amide bonds. The number of allylic oxidation sites excluding steroid dienone is 1. The summed E-state index contributed by atoms with van der Waals surface area (Å²) < 4.78 is 40.2. The minimum absolute atomic E-state index is 0.170. The van der Waals surface area contributed by atoms with Gasteiger partial charge in [-0.2, -0.15) is 0 Å². The molecule has 0 aliphatic heterocycles. The van der Waals surface area contributed by atoms with E-state index in [1.807, 2.05) is 5.18 Å². The van der Waals surface area contributed by atoms with Gasteiger partial charge in [0, 0.05) is 0 Å². The fourth-order valence-electron chi connectivity index (χ4n) is 0.638. The van der Waals surface area contributed by atoms with Gasteiger partial charge in [-0.3, -0.25) is 0 Å². The zero-order valence-electron chi connectivity index (χ0n) is 7.61. The second kappa shape index (κ2) is 5.99. The van der Waals surface area contributed by atoms with Gasteiger partial charge in [-0.25, -0.2) is 18.0 Å². The fourth-order valence-corrected chi connectivity index (χ4v) is 0.638. The van der Waals surface area contributed by atoms with Gasteiger partial charge in [-0.15, -0.1) is 4.91 Å². The van der Waals surface area contributed by atoms with Crippen molar-refractivity contribution in [3.8, 4) is 0 Å². The molecular formula is C7H8F3NO4. The number of hydrogen-bond acceptors (Lipinski definition) is 5. The summed E-state index contributed by atoms with van der Waals surface area (Å²) in [6.07, 6.45) is -6.70. The van der Waals surface area contributed by atoms with Gasteiger partial charge in [-0.1, -0.05) is 0 Å². The Labute approximate surface area is 82.5 Å². The highest BCUT2D eigenvalue weighted by Gasteiger charge is 2.30. The Morgan fingerprint density at radius 1 is 1.47 bits per heavy atom. The maximum absolute atomic E-state index is 12.5. The molecule has 0 radical (unpaired) electrons. The van der Waals surface area contributed by atoms with Gasteiger partial charge in [0.25, 0.3) is 6.43 Å². The van der Waals surface area contributed by atoms with E-state index in [9.17, 15) is 22.9 Å². The van der Waals surface area contributed by atoms with Crippen LogP contribution in [0.4, 0.5) is 13.2 Å². The van der Waals surface area contributed by atoms with E-state index in [0.717, 1.165) is 0 Å². The van der Waals surface area contributed by atoms with Crippen LogP contribution in [0, 0.1) is 4.91 Å². The maximum Gasteiger partial charge on any atom is 0.364 e. The van der Waals surface area contributed by atoms with Gasteiger partial charge >= 0.3 is 5.97 Å². The number of alkyl halides is 3. The van der Waals surface area contributed by atoms with Crippen LogP contribution in [0.2, 0.25) is 0 Å². The van der Waals surface area contributed by atoms with Crippen molar-refractivity contribution in [1.29, 1.82) is 0 Å². The molecule has 15 heavy (non-hydrogen) atoms. The van der Waals surface area contributed by atoms with Crippen LogP contribution in [-0.4, -0.2) is 30.3 Å². The molecule has 0 aliphatic carbocycles. The van der Waals surface area contributed by atoms with Crippen molar-refractivity contribution < 1.29 is 27.8 Å². The average molecular weight is 227 g/mol. The Morgan fingerprint density at radius 2 is 2.00 bits per heavy atom. The van der Waals surface area contributed by atoms with E-state index in [-0.39, 0.29) is 6.61 Å². The zero-order valence-corrected chi connectivity index (χ0v) is 7.61. The Kier molecular flexibility index (Phi) is 5.35. The number of aliphatic hydroxyl groups excluding tert-OH is 1. The predicted octanol–water partition coefficient (Wildman–Crippen LogP) is 1.69. The topological polar surface area (TPSA) is 76.0 Å². The lowest BCUT2D eigenvalue weighted by Crippen LogP contribution is -2.19. The van der Waals surface area contributed by atoms with Gasteiger partial charge in [0.15, 0.2) is 5.76 Å². The third kappa shape index (κ3) is 3.56. The van der Waals surface area contributed by atoms with Crippen molar-refractivity contribution >= 4 is 5.97 Å². The molecule has 0 aromatic heterocycles. The second-order valence-corrected chi connectivity index (χ2v) is 2.28. The summed E-state index contributed by atoms with van der Waals surface area (Å²) in [4.78, 5) is 20.8. The van der Waals surface area contributed by atoms with E-state index in [1.165, 1.54) is 6.92 Å². The van der Waals surface area contributed by atoms with Crippen LogP contribution in [0.3, 0.4) is 0 Å². The summed E-state index contributed by atoms with van der Waals surface area (Å²) in [5, 5.41) is 10.7. The molecule has 8 heteroatoms. The number of aliphatic hydroxyl groups is 1. The first-order valence-corrected chi connectivity index (χ1v) is 3.81. The van der Waals surface area contributed by atoms with E-state index in [4.69, 9.17) is 5.11 Å². The van der Waals surface area contributed by atoms with E-state index >= 15 is 0 Å². The molecule has 1 atom stereocenters. The summed E-state index contributed by atoms with van der Waals surface area (Å²) >= 11 is 0. The highest BCUT2D eigenvalue weighted by Crippen LogP contribution is 2.18. The van der Waals surface area contributed by atoms with Crippen LogP contribution in [0.5, 0.6) is 0 Å². The molecule has 0 saturated carbocycles. The van der Waals surface area contributed by atoms with Crippen molar-refractivity contribution in [2.24, 2.45) is 5.18 Å². The van der Waals surface area contributed by atoms with Gasteiger partial charge in [0.1, 0.15) is 0 Å². The third-order valence-corrected chi connectivity index (χ3v) is 1.29. The highest BCUT2D eigenvalue weighted by molar-refractivity contribution is 5.88. The fraction of sp³-hybridized carbons (Fsp3) is 0.571. The van der Waals surface area contributed by atoms with E-state index < -0.39 is 30.0 Å². The van der Waals surface area contributed by atoms with Crippen LogP contribution in [0.25, 0.3) is 0 Å². The van der Waals surface area contributed by atoms with E-state index in [2.05, 4.69) is 4.74 Å². The first-order valence-electron chi connectivity index (χ1n) is 3.81.